The van der Waals surface area contributed by atoms with Gasteiger partial charge in [0.1, 0.15) is 5.60 Å². The Kier molecular flexibility index (Phi) is 6.00. The van der Waals surface area contributed by atoms with Gasteiger partial charge in [-0.3, -0.25) is 9.59 Å². The van der Waals surface area contributed by atoms with Crippen molar-refractivity contribution in [1.29, 1.82) is 0 Å². The Bertz CT molecular complexity index is 829. The van der Waals surface area contributed by atoms with Gasteiger partial charge in [0.05, 0.1) is 18.2 Å². The molecule has 0 bridgehead atoms. The van der Waals surface area contributed by atoms with E-state index in [9.17, 15) is 24.3 Å². The second-order valence-electron chi connectivity index (χ2n) is 8.68. The molecule has 4 amide bonds. The molecule has 2 atom stereocenters. The highest BCUT2D eigenvalue weighted by molar-refractivity contribution is 6.19. The lowest BCUT2D eigenvalue weighted by molar-refractivity contribution is -0.143. The fraction of sp³-hybridized carbons (Fsp3) is 0.524. The number of nitrogens with zero attached hydrogens (tertiary/aromatic N) is 2. The molecule has 0 saturated carbocycles. The van der Waals surface area contributed by atoms with Gasteiger partial charge in [0.15, 0.2) is 0 Å². The van der Waals surface area contributed by atoms with Gasteiger partial charge < -0.3 is 20.1 Å². The molecule has 2 fully saturated rings. The van der Waals surface area contributed by atoms with E-state index >= 15 is 0 Å². The predicted octanol–water partition coefficient (Wildman–Crippen LogP) is 2.24. The summed E-state index contributed by atoms with van der Waals surface area (Å²) >= 11 is 0. The third-order valence-electron chi connectivity index (χ3n) is 5.26. The molecule has 2 aliphatic heterocycles. The number of anilines is 1. The van der Waals surface area contributed by atoms with Crippen LogP contribution >= 0.6 is 0 Å². The Morgan fingerprint density at radius 2 is 1.90 bits per heavy atom. The molecule has 0 radical (unpaired) electrons. The van der Waals surface area contributed by atoms with Crippen LogP contribution in [-0.4, -0.2) is 59.2 Å². The Labute approximate surface area is 175 Å². The van der Waals surface area contributed by atoms with Gasteiger partial charge in [0, 0.05) is 13.1 Å². The van der Waals surface area contributed by atoms with Crippen molar-refractivity contribution in [1.82, 2.24) is 10.2 Å². The summed E-state index contributed by atoms with van der Waals surface area (Å²) in [6.07, 6.45) is 0.464. The molecule has 1 aromatic rings. The molecule has 2 aliphatic rings. The fourth-order valence-electron chi connectivity index (χ4n) is 3.78. The van der Waals surface area contributed by atoms with E-state index in [0.29, 0.717) is 31.6 Å². The summed E-state index contributed by atoms with van der Waals surface area (Å²) in [5, 5.41) is 12.2. The first kappa shape index (κ1) is 21.6. The van der Waals surface area contributed by atoms with E-state index in [1.165, 1.54) is 0 Å². The minimum atomic E-state index is -0.913. The number of hydrogen-bond acceptors (Lipinski definition) is 5. The molecule has 0 unspecified atom stereocenters. The third-order valence-corrected chi connectivity index (χ3v) is 5.26. The lowest BCUT2D eigenvalue weighted by atomic mass is 9.86. The molecular formula is C21H27N3O6. The summed E-state index contributed by atoms with van der Waals surface area (Å²) in [5.41, 5.74) is 0.632. The van der Waals surface area contributed by atoms with Crippen LogP contribution in [0.4, 0.5) is 15.3 Å². The minimum absolute atomic E-state index is 0.0303. The van der Waals surface area contributed by atoms with Crippen molar-refractivity contribution < 1.29 is 29.0 Å². The SMILES string of the molecule is CC(C)(C)OC(=O)N1CC[C@H]([C@H](Cc2ccc(N3C(=O)CNC3=O)cc2)C(=O)O)C1. The number of benzene rings is 1. The smallest absolute Gasteiger partial charge is 0.410 e. The third kappa shape index (κ3) is 4.90. The number of imide groups is 1. The van der Waals surface area contributed by atoms with Crippen LogP contribution in [0.3, 0.4) is 0 Å². The minimum Gasteiger partial charge on any atom is -0.481 e. The van der Waals surface area contributed by atoms with Gasteiger partial charge in [-0.15, -0.1) is 0 Å². The molecule has 0 aliphatic carbocycles. The van der Waals surface area contributed by atoms with Crippen LogP contribution in [-0.2, 0) is 20.7 Å². The quantitative estimate of drug-likeness (QED) is 0.710. The standard InChI is InChI=1S/C21H27N3O6/c1-21(2,3)30-20(29)23-9-8-14(12-23)16(18(26)27)10-13-4-6-15(7-5-13)24-17(25)11-22-19(24)28/h4-7,14,16H,8-12H2,1-3H3,(H,22,28)(H,26,27)/t14-,16-/m0/s1. The van der Waals surface area contributed by atoms with E-state index in [1.807, 2.05) is 0 Å². The first-order chi connectivity index (χ1) is 14.0. The van der Waals surface area contributed by atoms with Crippen molar-refractivity contribution in [3.8, 4) is 0 Å². The fourth-order valence-corrected chi connectivity index (χ4v) is 3.78. The zero-order valence-corrected chi connectivity index (χ0v) is 17.4. The molecule has 0 aromatic heterocycles. The van der Waals surface area contributed by atoms with Crippen LogP contribution in [0, 0.1) is 11.8 Å². The lowest BCUT2D eigenvalue weighted by Crippen LogP contribution is -2.36. The van der Waals surface area contributed by atoms with Crippen LogP contribution in [0.25, 0.3) is 0 Å². The van der Waals surface area contributed by atoms with Gasteiger partial charge in [0.25, 0.3) is 5.91 Å². The number of carboxylic acid groups (broad SMARTS) is 1. The summed E-state index contributed by atoms with van der Waals surface area (Å²) in [6, 6.07) is 6.26. The number of urea groups is 1. The van der Waals surface area contributed by atoms with Gasteiger partial charge in [-0.1, -0.05) is 12.1 Å². The van der Waals surface area contributed by atoms with Crippen molar-refractivity contribution in [3.63, 3.8) is 0 Å². The number of carbonyl (C=O) groups is 4. The molecule has 2 N–H and O–H groups in total. The first-order valence-electron chi connectivity index (χ1n) is 9.95. The number of carbonyl (C=O) groups excluding carboxylic acids is 3. The Hall–Kier alpha value is -3.10. The maximum absolute atomic E-state index is 12.3. The van der Waals surface area contributed by atoms with Crippen molar-refractivity contribution in [3.05, 3.63) is 29.8 Å². The van der Waals surface area contributed by atoms with Crippen LogP contribution in [0.2, 0.25) is 0 Å². The van der Waals surface area contributed by atoms with Gasteiger partial charge in [-0.2, -0.15) is 0 Å². The highest BCUT2D eigenvalue weighted by Crippen LogP contribution is 2.29. The molecule has 0 spiro atoms. The highest BCUT2D eigenvalue weighted by atomic mass is 16.6. The first-order valence-corrected chi connectivity index (χ1v) is 9.95. The largest absolute Gasteiger partial charge is 0.481 e. The van der Waals surface area contributed by atoms with Crippen LogP contribution in [0.15, 0.2) is 24.3 Å². The molecule has 9 nitrogen and oxygen atoms in total. The number of rotatable bonds is 5. The molecule has 2 heterocycles. The number of carboxylic acids is 1. The normalized spacial score (nSPS) is 20.3. The van der Waals surface area contributed by atoms with Crippen molar-refractivity contribution in [2.75, 3.05) is 24.5 Å². The second kappa shape index (κ2) is 8.33. The maximum atomic E-state index is 12.3. The molecule has 2 saturated heterocycles. The van der Waals surface area contributed by atoms with E-state index in [2.05, 4.69) is 5.32 Å². The molecular weight excluding hydrogens is 390 g/mol. The second-order valence-corrected chi connectivity index (χ2v) is 8.68. The zero-order chi connectivity index (χ0) is 22.1. The van der Waals surface area contributed by atoms with Gasteiger partial charge in [-0.05, 0) is 57.2 Å². The van der Waals surface area contributed by atoms with Crippen LogP contribution in [0.1, 0.15) is 32.8 Å². The van der Waals surface area contributed by atoms with E-state index in [4.69, 9.17) is 4.74 Å². The lowest BCUT2D eigenvalue weighted by Gasteiger charge is -2.25. The summed E-state index contributed by atoms with van der Waals surface area (Å²) in [4.78, 5) is 50.4. The average molecular weight is 417 g/mol. The number of likely N-dealkylation sites (tertiary alicyclic amines) is 1. The number of aliphatic carboxylic acids is 1. The highest BCUT2D eigenvalue weighted by Gasteiger charge is 2.37. The van der Waals surface area contributed by atoms with Gasteiger partial charge in [-0.25, -0.2) is 14.5 Å². The molecule has 30 heavy (non-hydrogen) atoms. The van der Waals surface area contributed by atoms with Crippen molar-refractivity contribution in [2.45, 2.75) is 39.2 Å². The average Bonchev–Trinajstić information content (AvgIpc) is 3.26. The van der Waals surface area contributed by atoms with E-state index in [1.54, 1.807) is 49.9 Å². The van der Waals surface area contributed by atoms with Gasteiger partial charge >= 0.3 is 18.1 Å². The van der Waals surface area contributed by atoms with Crippen LogP contribution < -0.4 is 10.2 Å². The summed E-state index contributed by atoms with van der Waals surface area (Å²) in [7, 11) is 0. The topological polar surface area (TPSA) is 116 Å². The number of amides is 4. The summed E-state index contributed by atoms with van der Waals surface area (Å²) < 4.78 is 5.38. The Balaban J connectivity index is 1.65. The number of nitrogens with one attached hydrogen (secondary N) is 1. The Morgan fingerprint density at radius 3 is 2.43 bits per heavy atom. The van der Waals surface area contributed by atoms with E-state index in [0.717, 1.165) is 10.5 Å². The predicted molar refractivity (Wildman–Crippen MR) is 108 cm³/mol. The summed E-state index contributed by atoms with van der Waals surface area (Å²) in [6.45, 7) is 6.16. The summed E-state index contributed by atoms with van der Waals surface area (Å²) in [5.74, 6) is -2.07. The number of ether oxygens (including phenoxy) is 1. The zero-order valence-electron chi connectivity index (χ0n) is 17.4. The van der Waals surface area contributed by atoms with Crippen molar-refractivity contribution in [2.24, 2.45) is 11.8 Å². The molecule has 9 heteroatoms. The molecule has 3 rings (SSSR count). The Morgan fingerprint density at radius 1 is 1.23 bits per heavy atom. The molecule has 162 valence electrons. The van der Waals surface area contributed by atoms with Crippen LogP contribution in [0.5, 0.6) is 0 Å². The van der Waals surface area contributed by atoms with E-state index < -0.39 is 29.6 Å². The van der Waals surface area contributed by atoms with Gasteiger partial charge in [0.2, 0.25) is 0 Å². The van der Waals surface area contributed by atoms with E-state index in [-0.39, 0.29) is 18.4 Å². The number of hydrogen-bond donors (Lipinski definition) is 2. The maximum Gasteiger partial charge on any atom is 0.410 e. The van der Waals surface area contributed by atoms with Crippen molar-refractivity contribution >= 4 is 29.7 Å². The molecule has 1 aromatic carbocycles. The monoisotopic (exact) mass is 417 g/mol.